The maximum Gasteiger partial charge on any atom is 1.00 e. The van der Waals surface area contributed by atoms with Gasteiger partial charge in [0.05, 0.1) is 31.8 Å². The van der Waals surface area contributed by atoms with E-state index in [4.69, 9.17) is 0 Å². The van der Waals surface area contributed by atoms with Gasteiger partial charge in [-0.3, -0.25) is 0 Å². The topological polar surface area (TPSA) is 0 Å². The fourth-order valence-electron chi connectivity index (χ4n) is 6.28. The molecule has 0 aromatic heterocycles. The van der Waals surface area contributed by atoms with Gasteiger partial charge in [0, 0.05) is 0 Å². The Morgan fingerprint density at radius 3 is 0.583 bits per heavy atom. The predicted molar refractivity (Wildman–Crippen MR) is 209 cm³/mol. The van der Waals surface area contributed by atoms with Crippen LogP contribution in [-0.2, 0) is 22.4 Å². The molecule has 6 aromatic carbocycles. The van der Waals surface area contributed by atoms with Gasteiger partial charge in [-0.25, -0.2) is 0 Å². The van der Waals surface area contributed by atoms with Crippen LogP contribution >= 0.6 is 14.5 Å². The van der Waals surface area contributed by atoms with Gasteiger partial charge in [-0.05, 0) is 87.3 Å². The molecule has 0 spiro atoms. The van der Waals surface area contributed by atoms with Crippen molar-refractivity contribution in [1.82, 2.24) is 0 Å². The van der Waals surface area contributed by atoms with Crippen molar-refractivity contribution < 1.29 is 34.8 Å². The molecule has 0 bridgehead atoms. The van der Waals surface area contributed by atoms with Crippen LogP contribution in [0.25, 0.3) is 0 Å². The van der Waals surface area contributed by atoms with Gasteiger partial charge >= 0.3 is 22.4 Å². The third kappa shape index (κ3) is 9.25. The van der Waals surface area contributed by atoms with Crippen molar-refractivity contribution in [2.24, 2.45) is 11.8 Å². The first-order chi connectivity index (χ1) is 22.5. The number of rotatable bonds is 10. The largest absolute Gasteiger partial charge is 1.00 e. The van der Waals surface area contributed by atoms with Gasteiger partial charge in [0.25, 0.3) is 0 Å². The third-order valence-corrected chi connectivity index (χ3v) is 16.8. The molecule has 0 heterocycles. The Labute approximate surface area is 313 Å². The molecule has 0 aliphatic rings. The second-order valence-electron chi connectivity index (χ2n) is 12.2. The minimum Gasteiger partial charge on any atom is -1.00 e. The zero-order chi connectivity index (χ0) is 32.2. The number of hydrogen-bond donors (Lipinski definition) is 0. The monoisotopic (exact) mass is 778 g/mol. The SMILES string of the molecule is CC(C)[CH-][P+](c1ccccc1)(c1ccccc1)c1ccccc1.CC(C)[CH-][P+](c1ccccc1)(c1ccccc1)c1ccccc1.[Ag+].[Cl-]. The van der Waals surface area contributed by atoms with Crippen molar-refractivity contribution in [3.63, 3.8) is 0 Å². The van der Waals surface area contributed by atoms with Gasteiger partial charge < -0.3 is 12.4 Å². The van der Waals surface area contributed by atoms with E-state index < -0.39 is 14.5 Å². The fourth-order valence-corrected chi connectivity index (χ4v) is 14.7. The zero-order valence-electron chi connectivity index (χ0n) is 28.2. The van der Waals surface area contributed by atoms with Crippen LogP contribution in [0.2, 0.25) is 0 Å². The molecule has 0 nitrogen and oxygen atoms in total. The summed E-state index contributed by atoms with van der Waals surface area (Å²) in [5, 5.41) is 8.53. The average molecular weight is 780 g/mol. The first-order valence-electron chi connectivity index (χ1n) is 16.3. The van der Waals surface area contributed by atoms with Crippen molar-refractivity contribution in [3.05, 3.63) is 194 Å². The molecule has 250 valence electrons. The summed E-state index contributed by atoms with van der Waals surface area (Å²) in [7, 11) is -3.47. The molecule has 0 saturated carbocycles. The minimum absolute atomic E-state index is 0. The average Bonchev–Trinajstić information content (AvgIpc) is 3.12. The molecule has 6 rings (SSSR count). The molecule has 0 saturated heterocycles. The van der Waals surface area contributed by atoms with Crippen LogP contribution in [0.1, 0.15) is 27.7 Å². The Bertz CT molecular complexity index is 1390. The molecular formula is C44H46AgClP2. The smallest absolute Gasteiger partial charge is 1.00 e. The summed E-state index contributed by atoms with van der Waals surface area (Å²) in [6.07, 6.45) is 5.15. The quantitative estimate of drug-likeness (QED) is 0.0837. The molecule has 0 aliphatic carbocycles. The van der Waals surface area contributed by atoms with E-state index in [0.29, 0.717) is 11.8 Å². The molecule has 0 fully saturated rings. The molecule has 0 amide bonds. The van der Waals surface area contributed by atoms with Crippen LogP contribution in [0.5, 0.6) is 0 Å². The number of hydrogen-bond acceptors (Lipinski definition) is 0. The van der Waals surface area contributed by atoms with Crippen LogP contribution in [0.4, 0.5) is 0 Å². The molecule has 6 aromatic rings. The van der Waals surface area contributed by atoms with Gasteiger partial charge in [0.1, 0.15) is 0 Å². The minimum atomic E-state index is -1.73. The molecular weight excluding hydrogens is 734 g/mol. The van der Waals surface area contributed by atoms with E-state index in [1.165, 1.54) is 31.8 Å². The van der Waals surface area contributed by atoms with Gasteiger partial charge in [-0.15, -0.1) is 24.2 Å². The molecule has 48 heavy (non-hydrogen) atoms. The summed E-state index contributed by atoms with van der Waals surface area (Å²) in [5.74, 6) is 1.04. The summed E-state index contributed by atoms with van der Waals surface area (Å²) < 4.78 is 0. The Hall–Kier alpha value is -2.79. The Morgan fingerprint density at radius 2 is 0.458 bits per heavy atom. The van der Waals surface area contributed by atoms with E-state index >= 15 is 0 Å². The summed E-state index contributed by atoms with van der Waals surface area (Å²) in [6, 6.07) is 65.9. The van der Waals surface area contributed by atoms with Crippen molar-refractivity contribution >= 4 is 46.4 Å². The summed E-state index contributed by atoms with van der Waals surface area (Å²) >= 11 is 0. The zero-order valence-corrected chi connectivity index (χ0v) is 32.2. The maximum atomic E-state index is 2.58. The van der Waals surface area contributed by atoms with Gasteiger partial charge in [-0.1, -0.05) is 137 Å². The molecule has 0 atom stereocenters. The second kappa shape index (κ2) is 19.4. The van der Waals surface area contributed by atoms with Crippen molar-refractivity contribution in [3.8, 4) is 0 Å². The summed E-state index contributed by atoms with van der Waals surface area (Å²) in [6.45, 7) is 9.13. The normalized spacial score (nSPS) is 11.1. The van der Waals surface area contributed by atoms with Gasteiger partial charge in [0.15, 0.2) is 0 Å². The summed E-state index contributed by atoms with van der Waals surface area (Å²) in [4.78, 5) is 0. The van der Waals surface area contributed by atoms with E-state index in [9.17, 15) is 0 Å². The molecule has 0 radical (unpaired) electrons. The number of halogens is 1. The van der Waals surface area contributed by atoms with Crippen LogP contribution in [0.15, 0.2) is 182 Å². The maximum absolute atomic E-state index is 2.58. The third-order valence-electron chi connectivity index (χ3n) is 8.02. The van der Waals surface area contributed by atoms with E-state index in [0.717, 1.165) is 0 Å². The molecule has 0 unspecified atom stereocenters. The molecule has 4 heteroatoms. The van der Waals surface area contributed by atoms with E-state index in [2.05, 4.69) is 222 Å². The Balaban J connectivity index is 0.000000250. The van der Waals surface area contributed by atoms with E-state index in [1.54, 1.807) is 0 Å². The first-order valence-corrected chi connectivity index (χ1v) is 20.0. The standard InChI is InChI=1S/2C22H23P.Ag.ClH/c2*1-19(2)18-23(20-12-6-3-7-13-20,21-14-8-4-9-15-21)22-16-10-5-11-17-22;;/h2*3-19H,1-2H3;;1H/q;;+1;/p-1. The summed E-state index contributed by atoms with van der Waals surface area (Å²) in [5.41, 5.74) is 0. The van der Waals surface area contributed by atoms with Crippen molar-refractivity contribution in [1.29, 1.82) is 0 Å². The van der Waals surface area contributed by atoms with Crippen LogP contribution in [0.3, 0.4) is 0 Å². The van der Waals surface area contributed by atoms with Crippen LogP contribution in [-0.4, -0.2) is 0 Å². The van der Waals surface area contributed by atoms with Gasteiger partial charge in [-0.2, -0.15) is 0 Å². The van der Waals surface area contributed by atoms with E-state index in [-0.39, 0.29) is 34.8 Å². The molecule has 0 aliphatic heterocycles. The van der Waals surface area contributed by atoms with Crippen LogP contribution < -0.4 is 44.2 Å². The van der Waals surface area contributed by atoms with Crippen molar-refractivity contribution in [2.75, 3.05) is 0 Å². The fraction of sp³-hybridized carbons (Fsp3) is 0.136. The Kier molecular flexibility index (Phi) is 16.0. The van der Waals surface area contributed by atoms with Crippen LogP contribution in [0, 0.1) is 24.2 Å². The van der Waals surface area contributed by atoms with Crippen molar-refractivity contribution in [2.45, 2.75) is 27.7 Å². The number of benzene rings is 6. The molecule has 0 N–H and O–H groups in total. The van der Waals surface area contributed by atoms with E-state index in [1.807, 2.05) is 0 Å². The van der Waals surface area contributed by atoms with Gasteiger partial charge in [0.2, 0.25) is 0 Å². The first kappa shape index (κ1) is 39.6. The Morgan fingerprint density at radius 1 is 0.312 bits per heavy atom. The second-order valence-corrected chi connectivity index (χ2v) is 18.8. The predicted octanol–water partition coefficient (Wildman–Crippen LogP) is 6.60.